The van der Waals surface area contributed by atoms with Crippen molar-refractivity contribution in [2.45, 2.75) is 26.8 Å². The molecule has 108 valence electrons. The Morgan fingerprint density at radius 1 is 1.35 bits per heavy atom. The van der Waals surface area contributed by atoms with Gasteiger partial charge in [-0.05, 0) is 29.2 Å². The molecular formula is C15H20N2O3. The van der Waals surface area contributed by atoms with Crippen molar-refractivity contribution in [3.8, 4) is 0 Å². The van der Waals surface area contributed by atoms with E-state index in [9.17, 15) is 9.59 Å². The van der Waals surface area contributed by atoms with Gasteiger partial charge in [0.05, 0.1) is 6.04 Å². The molecule has 0 saturated carbocycles. The smallest absolute Gasteiger partial charge is 0.328 e. The molecule has 1 unspecified atom stereocenters. The molecule has 20 heavy (non-hydrogen) atoms. The molecule has 1 amide bonds. The van der Waals surface area contributed by atoms with Gasteiger partial charge in [0, 0.05) is 11.8 Å². The van der Waals surface area contributed by atoms with Crippen LogP contribution in [0.15, 0.2) is 30.3 Å². The maximum atomic E-state index is 12.0. The van der Waals surface area contributed by atoms with E-state index in [-0.39, 0.29) is 11.3 Å². The van der Waals surface area contributed by atoms with Gasteiger partial charge in [-0.2, -0.15) is 0 Å². The maximum Gasteiger partial charge on any atom is 0.328 e. The monoisotopic (exact) mass is 276 g/mol. The van der Waals surface area contributed by atoms with Crippen molar-refractivity contribution in [2.24, 2.45) is 11.1 Å². The van der Waals surface area contributed by atoms with Crippen LogP contribution in [0.2, 0.25) is 0 Å². The lowest BCUT2D eigenvalue weighted by Crippen LogP contribution is -2.45. The number of anilines is 1. The first-order valence-corrected chi connectivity index (χ1v) is 6.27. The van der Waals surface area contributed by atoms with Crippen LogP contribution in [0.4, 0.5) is 5.69 Å². The molecule has 1 aromatic carbocycles. The molecule has 0 bridgehead atoms. The van der Waals surface area contributed by atoms with E-state index < -0.39 is 12.0 Å². The molecule has 0 aliphatic heterocycles. The van der Waals surface area contributed by atoms with E-state index in [1.807, 2.05) is 20.8 Å². The van der Waals surface area contributed by atoms with Crippen molar-refractivity contribution in [2.75, 3.05) is 5.32 Å². The minimum atomic E-state index is -1.02. The van der Waals surface area contributed by atoms with Crippen LogP contribution < -0.4 is 11.1 Å². The molecule has 0 spiro atoms. The first-order valence-electron chi connectivity index (χ1n) is 6.27. The lowest BCUT2D eigenvalue weighted by atomic mass is 9.87. The Kier molecular flexibility index (Phi) is 5.05. The average Bonchev–Trinajstić information content (AvgIpc) is 2.34. The normalized spacial score (nSPS) is 13.2. The van der Waals surface area contributed by atoms with Crippen molar-refractivity contribution < 1.29 is 14.7 Å². The summed E-state index contributed by atoms with van der Waals surface area (Å²) in [7, 11) is 0. The number of aliphatic carboxylic acids is 1. The lowest BCUT2D eigenvalue weighted by molar-refractivity contribution is -0.131. The fourth-order valence-electron chi connectivity index (χ4n) is 1.50. The van der Waals surface area contributed by atoms with Crippen LogP contribution >= 0.6 is 0 Å². The zero-order valence-corrected chi connectivity index (χ0v) is 11.9. The number of carbonyl (C=O) groups excluding carboxylic acids is 1. The molecule has 1 rings (SSSR count). The quantitative estimate of drug-likeness (QED) is 0.734. The molecule has 5 nitrogen and oxygen atoms in total. The Labute approximate surface area is 118 Å². The molecule has 0 radical (unpaired) electrons. The van der Waals surface area contributed by atoms with Gasteiger partial charge in [-0.15, -0.1) is 0 Å². The third-order valence-corrected chi connectivity index (χ3v) is 2.79. The first-order chi connectivity index (χ1) is 9.20. The summed E-state index contributed by atoms with van der Waals surface area (Å²) in [5.41, 5.74) is 6.82. The second-order valence-corrected chi connectivity index (χ2v) is 5.63. The van der Waals surface area contributed by atoms with E-state index in [0.29, 0.717) is 11.3 Å². The Morgan fingerprint density at radius 3 is 2.55 bits per heavy atom. The summed E-state index contributed by atoms with van der Waals surface area (Å²) >= 11 is 0. The number of carboxylic acids is 1. The Hall–Kier alpha value is -2.14. The molecule has 0 fully saturated rings. The van der Waals surface area contributed by atoms with Gasteiger partial charge < -0.3 is 16.2 Å². The molecule has 0 aromatic heterocycles. The van der Waals surface area contributed by atoms with Gasteiger partial charge in [0.2, 0.25) is 5.91 Å². The summed E-state index contributed by atoms with van der Waals surface area (Å²) in [5.74, 6) is -1.29. The zero-order chi connectivity index (χ0) is 15.3. The number of carboxylic acid groups (broad SMARTS) is 1. The van der Waals surface area contributed by atoms with E-state index in [1.54, 1.807) is 24.3 Å². The van der Waals surface area contributed by atoms with Crippen molar-refractivity contribution in [3.05, 3.63) is 35.9 Å². The third kappa shape index (κ3) is 4.85. The van der Waals surface area contributed by atoms with Gasteiger partial charge in [0.15, 0.2) is 0 Å². The van der Waals surface area contributed by atoms with Gasteiger partial charge in [-0.1, -0.05) is 32.9 Å². The van der Waals surface area contributed by atoms with Crippen LogP contribution in [-0.4, -0.2) is 23.0 Å². The predicted molar refractivity (Wildman–Crippen MR) is 79.2 cm³/mol. The van der Waals surface area contributed by atoms with Crippen molar-refractivity contribution in [1.82, 2.24) is 0 Å². The maximum absolute atomic E-state index is 12.0. The fraction of sp³-hybridized carbons (Fsp3) is 0.333. The van der Waals surface area contributed by atoms with Crippen LogP contribution in [0.5, 0.6) is 0 Å². The fourth-order valence-corrected chi connectivity index (χ4v) is 1.50. The van der Waals surface area contributed by atoms with E-state index in [2.05, 4.69) is 5.32 Å². The number of amides is 1. The molecule has 0 saturated heterocycles. The van der Waals surface area contributed by atoms with Crippen LogP contribution in [0.1, 0.15) is 26.3 Å². The van der Waals surface area contributed by atoms with Crippen LogP contribution in [-0.2, 0) is 9.59 Å². The summed E-state index contributed by atoms with van der Waals surface area (Å²) in [6.45, 7) is 5.68. The van der Waals surface area contributed by atoms with Gasteiger partial charge >= 0.3 is 5.97 Å². The third-order valence-electron chi connectivity index (χ3n) is 2.79. The first kappa shape index (κ1) is 15.9. The number of benzene rings is 1. The van der Waals surface area contributed by atoms with Crippen molar-refractivity contribution >= 4 is 23.6 Å². The highest BCUT2D eigenvalue weighted by Crippen LogP contribution is 2.19. The largest absolute Gasteiger partial charge is 0.478 e. The summed E-state index contributed by atoms with van der Waals surface area (Å²) in [5, 5.41) is 11.3. The predicted octanol–water partition coefficient (Wildman–Crippen LogP) is 2.10. The zero-order valence-electron chi connectivity index (χ0n) is 11.9. The molecule has 0 aliphatic carbocycles. The SMILES string of the molecule is CC(C)(C)C(N)C(=O)Nc1cccc(/C=C/C(=O)O)c1. The molecule has 1 atom stereocenters. The van der Waals surface area contributed by atoms with Crippen molar-refractivity contribution in [3.63, 3.8) is 0 Å². The van der Waals surface area contributed by atoms with Gasteiger partial charge in [0.1, 0.15) is 0 Å². The standard InChI is InChI=1S/C15H20N2O3/c1-15(2,3)13(16)14(20)17-11-6-4-5-10(9-11)7-8-12(18)19/h4-9,13H,16H2,1-3H3,(H,17,20)(H,18,19)/b8-7+. The molecule has 4 N–H and O–H groups in total. The average molecular weight is 276 g/mol. The Bertz CT molecular complexity index is 530. The summed E-state index contributed by atoms with van der Waals surface area (Å²) in [6, 6.07) is 6.28. The Balaban J connectivity index is 2.81. The number of nitrogens with two attached hydrogens (primary N) is 1. The molecular weight excluding hydrogens is 256 g/mol. The highest BCUT2D eigenvalue weighted by Gasteiger charge is 2.27. The number of carbonyl (C=O) groups is 2. The minimum absolute atomic E-state index is 0.267. The number of rotatable bonds is 4. The molecule has 0 heterocycles. The number of hydrogen-bond acceptors (Lipinski definition) is 3. The Morgan fingerprint density at radius 2 is 2.00 bits per heavy atom. The second kappa shape index (κ2) is 6.34. The molecule has 0 aliphatic rings. The number of hydrogen-bond donors (Lipinski definition) is 3. The molecule has 5 heteroatoms. The second-order valence-electron chi connectivity index (χ2n) is 5.63. The van der Waals surface area contributed by atoms with E-state index >= 15 is 0 Å². The van der Waals surface area contributed by atoms with Gasteiger partial charge in [-0.3, -0.25) is 4.79 Å². The van der Waals surface area contributed by atoms with E-state index in [1.165, 1.54) is 6.08 Å². The van der Waals surface area contributed by atoms with Gasteiger partial charge in [-0.25, -0.2) is 4.79 Å². The minimum Gasteiger partial charge on any atom is -0.478 e. The summed E-state index contributed by atoms with van der Waals surface area (Å²) < 4.78 is 0. The summed E-state index contributed by atoms with van der Waals surface area (Å²) in [6.07, 6.45) is 2.50. The molecule has 1 aromatic rings. The van der Waals surface area contributed by atoms with E-state index in [4.69, 9.17) is 10.8 Å². The van der Waals surface area contributed by atoms with Crippen LogP contribution in [0.3, 0.4) is 0 Å². The van der Waals surface area contributed by atoms with E-state index in [0.717, 1.165) is 6.08 Å². The van der Waals surface area contributed by atoms with Crippen LogP contribution in [0, 0.1) is 5.41 Å². The number of nitrogens with one attached hydrogen (secondary N) is 1. The summed E-state index contributed by atoms with van der Waals surface area (Å²) in [4.78, 5) is 22.5. The van der Waals surface area contributed by atoms with Crippen LogP contribution in [0.25, 0.3) is 6.08 Å². The highest BCUT2D eigenvalue weighted by atomic mass is 16.4. The van der Waals surface area contributed by atoms with Crippen molar-refractivity contribution in [1.29, 1.82) is 0 Å². The topological polar surface area (TPSA) is 92.4 Å². The lowest BCUT2D eigenvalue weighted by Gasteiger charge is -2.25. The highest BCUT2D eigenvalue weighted by molar-refractivity contribution is 5.95. The van der Waals surface area contributed by atoms with Gasteiger partial charge in [0.25, 0.3) is 0 Å².